The summed E-state index contributed by atoms with van der Waals surface area (Å²) >= 11 is 6.75. The Balaban J connectivity index is 1.46. The zero-order valence-electron chi connectivity index (χ0n) is 13.7. The van der Waals surface area contributed by atoms with E-state index in [-0.39, 0.29) is 0 Å². The Labute approximate surface area is 156 Å². The van der Waals surface area contributed by atoms with Crippen molar-refractivity contribution in [3.8, 4) is 5.75 Å². The summed E-state index contributed by atoms with van der Waals surface area (Å²) in [4.78, 5) is 0. The summed E-state index contributed by atoms with van der Waals surface area (Å²) in [6.07, 6.45) is 0.701. The van der Waals surface area contributed by atoms with Crippen LogP contribution < -0.4 is 15.4 Å². The monoisotopic (exact) mass is 370 g/mol. The van der Waals surface area contributed by atoms with Crippen molar-refractivity contribution in [2.24, 2.45) is 0 Å². The first-order valence-electron chi connectivity index (χ1n) is 7.84. The number of aromatic nitrogens is 2. The average molecular weight is 371 g/mol. The second kappa shape index (κ2) is 8.55. The Morgan fingerprint density at radius 1 is 1.08 bits per heavy atom. The average Bonchev–Trinajstić information content (AvgIpc) is 3.03. The van der Waals surface area contributed by atoms with Crippen molar-refractivity contribution in [2.75, 3.05) is 17.2 Å². The van der Waals surface area contributed by atoms with Gasteiger partial charge in [-0.15, -0.1) is 10.2 Å². The first-order chi connectivity index (χ1) is 12.2. The third-order valence-electron chi connectivity index (χ3n) is 3.29. The molecule has 0 bridgehead atoms. The van der Waals surface area contributed by atoms with Crippen molar-refractivity contribution in [3.63, 3.8) is 0 Å². The number of ether oxygens (including phenoxy) is 1. The number of nitrogens with zero attached hydrogens (tertiary/aromatic N) is 2. The molecule has 0 aliphatic rings. The van der Waals surface area contributed by atoms with Crippen LogP contribution in [0.1, 0.15) is 10.6 Å². The quantitative estimate of drug-likeness (QED) is 0.632. The summed E-state index contributed by atoms with van der Waals surface area (Å²) in [5.41, 5.74) is 2.11. The zero-order chi connectivity index (χ0) is 17.5. The smallest absolute Gasteiger partial charge is 0.211 e. The van der Waals surface area contributed by atoms with Gasteiger partial charge in [0, 0.05) is 12.1 Å². The highest BCUT2D eigenvalue weighted by molar-refractivity contribution is 7.80. The number of benzene rings is 2. The van der Waals surface area contributed by atoms with Gasteiger partial charge in [-0.1, -0.05) is 41.7 Å². The van der Waals surface area contributed by atoms with Crippen LogP contribution >= 0.6 is 23.6 Å². The van der Waals surface area contributed by atoms with Gasteiger partial charge in [-0.25, -0.2) is 0 Å². The van der Waals surface area contributed by atoms with Gasteiger partial charge in [-0.05, 0) is 49.0 Å². The lowest BCUT2D eigenvalue weighted by Gasteiger charge is -2.07. The van der Waals surface area contributed by atoms with E-state index in [4.69, 9.17) is 17.0 Å². The van der Waals surface area contributed by atoms with E-state index in [9.17, 15) is 0 Å². The number of aryl methyl sites for hydroxylation is 1. The number of hydrogen-bond donors (Lipinski definition) is 2. The molecule has 3 rings (SSSR count). The molecule has 7 heteroatoms. The van der Waals surface area contributed by atoms with E-state index in [0.29, 0.717) is 23.3 Å². The Morgan fingerprint density at radius 2 is 1.92 bits per heavy atom. The molecule has 1 aromatic heterocycles. The fraction of sp³-hybridized carbons (Fsp3) is 0.167. The molecule has 0 atom stereocenters. The van der Waals surface area contributed by atoms with Crippen LogP contribution in [0.15, 0.2) is 54.6 Å². The van der Waals surface area contributed by atoms with Crippen molar-refractivity contribution in [1.29, 1.82) is 0 Å². The molecule has 1 heterocycles. The molecule has 0 unspecified atom stereocenters. The van der Waals surface area contributed by atoms with Gasteiger partial charge in [0.25, 0.3) is 0 Å². The number of nitrogens with one attached hydrogen (secondary N) is 2. The predicted molar refractivity (Wildman–Crippen MR) is 107 cm³/mol. The van der Waals surface area contributed by atoms with Crippen molar-refractivity contribution in [1.82, 2.24) is 10.2 Å². The lowest BCUT2D eigenvalue weighted by molar-refractivity contribution is 0.321. The SMILES string of the molecule is Cc1cccc(OCCc2nnc(NC(=S)Nc3ccccc3)s2)c1. The molecular formula is C18H18N4OS2. The lowest BCUT2D eigenvalue weighted by Crippen LogP contribution is -2.18. The molecule has 0 fully saturated rings. The van der Waals surface area contributed by atoms with Gasteiger partial charge in [-0.3, -0.25) is 0 Å². The summed E-state index contributed by atoms with van der Waals surface area (Å²) in [5, 5.41) is 16.5. The van der Waals surface area contributed by atoms with E-state index in [1.165, 1.54) is 16.9 Å². The minimum atomic E-state index is 0.491. The number of para-hydroxylation sites is 1. The van der Waals surface area contributed by atoms with E-state index in [1.807, 2.05) is 61.5 Å². The van der Waals surface area contributed by atoms with Gasteiger partial charge in [0.1, 0.15) is 10.8 Å². The molecule has 25 heavy (non-hydrogen) atoms. The summed E-state index contributed by atoms with van der Waals surface area (Å²) in [5.74, 6) is 0.871. The molecule has 0 aliphatic carbocycles. The van der Waals surface area contributed by atoms with Crippen LogP contribution in [0.3, 0.4) is 0 Å². The summed E-state index contributed by atoms with van der Waals surface area (Å²) in [7, 11) is 0. The van der Waals surface area contributed by atoms with E-state index < -0.39 is 0 Å². The Hall–Kier alpha value is -2.51. The molecular weight excluding hydrogens is 352 g/mol. The van der Waals surface area contributed by atoms with Crippen molar-refractivity contribution in [2.45, 2.75) is 13.3 Å². The first kappa shape index (κ1) is 17.3. The maximum atomic E-state index is 5.74. The van der Waals surface area contributed by atoms with Crippen LogP contribution in [-0.2, 0) is 6.42 Å². The molecule has 0 aliphatic heterocycles. The summed E-state index contributed by atoms with van der Waals surface area (Å²) in [6, 6.07) is 17.7. The molecule has 2 aromatic carbocycles. The molecule has 5 nitrogen and oxygen atoms in total. The van der Waals surface area contributed by atoms with Crippen LogP contribution in [0.2, 0.25) is 0 Å². The molecule has 3 aromatic rings. The highest BCUT2D eigenvalue weighted by atomic mass is 32.1. The number of anilines is 2. The molecule has 0 amide bonds. The molecule has 128 valence electrons. The Kier molecular flexibility index (Phi) is 5.92. The van der Waals surface area contributed by atoms with Gasteiger partial charge < -0.3 is 15.4 Å². The first-order valence-corrected chi connectivity index (χ1v) is 9.06. The van der Waals surface area contributed by atoms with E-state index in [2.05, 4.69) is 20.8 Å². The minimum Gasteiger partial charge on any atom is -0.493 e. The lowest BCUT2D eigenvalue weighted by atomic mass is 10.2. The van der Waals surface area contributed by atoms with Crippen molar-refractivity contribution >= 4 is 39.5 Å². The number of thiocarbonyl (C=S) groups is 1. The normalized spacial score (nSPS) is 10.3. The second-order valence-corrected chi connectivity index (χ2v) is 6.83. The molecule has 0 radical (unpaired) electrons. The predicted octanol–water partition coefficient (Wildman–Crippen LogP) is 4.28. The Morgan fingerprint density at radius 3 is 2.72 bits per heavy atom. The number of hydrogen-bond acceptors (Lipinski definition) is 5. The van der Waals surface area contributed by atoms with Gasteiger partial charge >= 0.3 is 0 Å². The van der Waals surface area contributed by atoms with Crippen LogP contribution in [0.5, 0.6) is 5.75 Å². The fourth-order valence-corrected chi connectivity index (χ4v) is 3.15. The van der Waals surface area contributed by atoms with Crippen LogP contribution in [0.25, 0.3) is 0 Å². The third kappa shape index (κ3) is 5.51. The highest BCUT2D eigenvalue weighted by Crippen LogP contribution is 2.17. The standard InChI is InChI=1S/C18H18N4OS2/c1-13-6-5-9-15(12-13)23-11-10-16-21-22-18(25-16)20-17(24)19-14-7-3-2-4-8-14/h2-9,12H,10-11H2,1H3,(H2,19,20,22,24). The van der Waals surface area contributed by atoms with Crippen LogP contribution in [-0.4, -0.2) is 21.9 Å². The van der Waals surface area contributed by atoms with Crippen LogP contribution in [0, 0.1) is 6.92 Å². The maximum Gasteiger partial charge on any atom is 0.211 e. The molecule has 0 saturated carbocycles. The molecule has 0 spiro atoms. The topological polar surface area (TPSA) is 59.1 Å². The Bertz CT molecular complexity index is 836. The van der Waals surface area contributed by atoms with E-state index >= 15 is 0 Å². The van der Waals surface area contributed by atoms with Gasteiger partial charge in [-0.2, -0.15) is 0 Å². The van der Waals surface area contributed by atoms with Crippen molar-refractivity contribution in [3.05, 3.63) is 65.2 Å². The van der Waals surface area contributed by atoms with Crippen LogP contribution in [0.4, 0.5) is 10.8 Å². The van der Waals surface area contributed by atoms with Gasteiger partial charge in [0.05, 0.1) is 6.61 Å². The third-order valence-corrected chi connectivity index (χ3v) is 4.40. The zero-order valence-corrected chi connectivity index (χ0v) is 15.4. The molecule has 2 N–H and O–H groups in total. The fourth-order valence-electron chi connectivity index (χ4n) is 2.15. The van der Waals surface area contributed by atoms with E-state index in [0.717, 1.165) is 16.4 Å². The highest BCUT2D eigenvalue weighted by Gasteiger charge is 2.06. The summed E-state index contributed by atoms with van der Waals surface area (Å²) in [6.45, 7) is 2.60. The van der Waals surface area contributed by atoms with E-state index in [1.54, 1.807) is 0 Å². The largest absolute Gasteiger partial charge is 0.493 e. The van der Waals surface area contributed by atoms with Gasteiger partial charge in [0.2, 0.25) is 5.13 Å². The summed E-state index contributed by atoms with van der Waals surface area (Å²) < 4.78 is 5.74. The number of rotatable bonds is 6. The maximum absolute atomic E-state index is 5.74. The second-order valence-electron chi connectivity index (χ2n) is 5.36. The van der Waals surface area contributed by atoms with Gasteiger partial charge in [0.15, 0.2) is 5.11 Å². The molecule has 0 saturated heterocycles. The minimum absolute atomic E-state index is 0.491. The van der Waals surface area contributed by atoms with Crippen molar-refractivity contribution < 1.29 is 4.74 Å².